The van der Waals surface area contributed by atoms with E-state index < -0.39 is 10.7 Å². The van der Waals surface area contributed by atoms with Gasteiger partial charge >= 0.3 is 0 Å². The van der Waals surface area contributed by atoms with Gasteiger partial charge in [-0.15, -0.1) is 11.3 Å². The van der Waals surface area contributed by atoms with Gasteiger partial charge in [0, 0.05) is 12.6 Å². The van der Waals surface area contributed by atoms with Crippen LogP contribution >= 0.6 is 22.9 Å². The third-order valence-corrected chi connectivity index (χ3v) is 4.70. The molecule has 0 unspecified atom stereocenters. The van der Waals surface area contributed by atoms with Crippen molar-refractivity contribution in [2.24, 2.45) is 5.73 Å². The lowest BCUT2D eigenvalue weighted by Crippen LogP contribution is -2.10. The minimum absolute atomic E-state index is 0.299. The first-order valence-corrected chi connectivity index (χ1v) is 7.19. The summed E-state index contributed by atoms with van der Waals surface area (Å²) < 4.78 is 28.2. The van der Waals surface area contributed by atoms with Gasteiger partial charge in [0.05, 0.1) is 9.72 Å². The zero-order valence-corrected chi connectivity index (χ0v) is 11.1. The van der Waals surface area contributed by atoms with Gasteiger partial charge in [-0.25, -0.2) is 8.42 Å². The van der Waals surface area contributed by atoms with Crippen LogP contribution in [-0.4, -0.2) is 21.6 Å². The van der Waals surface area contributed by atoms with Crippen molar-refractivity contribution in [3.63, 3.8) is 0 Å². The Morgan fingerprint density at radius 1 is 1.35 bits per heavy atom. The minimum Gasteiger partial charge on any atom is -0.492 e. The number of ether oxygens (including phenoxy) is 1. The zero-order chi connectivity index (χ0) is 12.4. The van der Waals surface area contributed by atoms with Gasteiger partial charge in [0.25, 0.3) is 0 Å². The van der Waals surface area contributed by atoms with E-state index in [4.69, 9.17) is 22.1 Å². The van der Waals surface area contributed by atoms with E-state index in [1.165, 1.54) is 0 Å². The van der Waals surface area contributed by atoms with Gasteiger partial charge < -0.3 is 10.5 Å². The summed E-state index contributed by atoms with van der Waals surface area (Å²) in [6.45, 7) is 0.811. The van der Waals surface area contributed by atoms with E-state index >= 15 is 0 Å². The summed E-state index contributed by atoms with van der Waals surface area (Å²) in [5, 5.41) is 1.26. The fourth-order valence-corrected chi connectivity index (χ4v) is 3.36. The van der Waals surface area contributed by atoms with Crippen molar-refractivity contribution >= 4 is 43.7 Å². The predicted octanol–water partition coefficient (Wildman–Crippen LogP) is 1.86. The molecule has 92 valence electrons. The number of thiophene rings is 1. The lowest BCUT2D eigenvalue weighted by Gasteiger charge is -2.05. The van der Waals surface area contributed by atoms with Crippen molar-refractivity contribution in [3.05, 3.63) is 23.2 Å². The van der Waals surface area contributed by atoms with E-state index in [9.17, 15) is 8.42 Å². The molecule has 17 heavy (non-hydrogen) atoms. The Hall–Kier alpha value is -0.820. The highest BCUT2D eigenvalue weighted by atomic mass is 35.5. The molecule has 0 radical (unpaired) electrons. The Bertz CT molecular complexity index is 613. The summed E-state index contributed by atoms with van der Waals surface area (Å²) >= 11 is 7.22. The molecule has 7 heteroatoms. The van der Waals surface area contributed by atoms with Crippen LogP contribution < -0.4 is 10.5 Å². The van der Waals surface area contributed by atoms with Gasteiger partial charge in [-0.05, 0) is 17.5 Å². The van der Waals surface area contributed by atoms with Gasteiger partial charge in [-0.3, -0.25) is 0 Å². The third kappa shape index (κ3) is 2.71. The lowest BCUT2D eigenvalue weighted by molar-refractivity contribution is 0.329. The highest BCUT2D eigenvalue weighted by Crippen LogP contribution is 2.35. The highest BCUT2D eigenvalue weighted by Gasteiger charge is 2.09. The van der Waals surface area contributed by atoms with E-state index in [-0.39, 0.29) is 0 Å². The lowest BCUT2D eigenvalue weighted by atomic mass is 10.2. The van der Waals surface area contributed by atoms with Gasteiger partial charge in [0.1, 0.15) is 16.6 Å². The summed E-state index contributed by atoms with van der Waals surface area (Å²) in [5.41, 5.74) is 5.33. The summed E-state index contributed by atoms with van der Waals surface area (Å²) in [4.78, 5) is 0. The summed E-state index contributed by atoms with van der Waals surface area (Å²) in [6, 6.07) is 5.01. The van der Waals surface area contributed by atoms with Crippen molar-refractivity contribution in [1.29, 1.82) is 0 Å². The van der Waals surface area contributed by atoms with Crippen LogP contribution in [0.1, 0.15) is 0 Å². The van der Waals surface area contributed by atoms with Crippen LogP contribution in [0.15, 0.2) is 22.4 Å². The molecule has 0 atom stereocenters. The molecular weight excluding hydrogens is 282 g/mol. The molecule has 0 saturated heterocycles. The van der Waals surface area contributed by atoms with Crippen LogP contribution in [0.25, 0.3) is 10.1 Å². The van der Waals surface area contributed by atoms with Gasteiger partial charge in [-0.2, -0.15) is 0 Å². The molecule has 2 rings (SSSR count). The molecule has 0 spiro atoms. The number of benzene rings is 1. The summed E-state index contributed by atoms with van der Waals surface area (Å²) in [6.07, 6.45) is 0. The molecule has 2 aromatic rings. The monoisotopic (exact) mass is 291 g/mol. The molecule has 0 aliphatic heterocycles. The molecule has 1 aromatic heterocycles. The minimum atomic E-state index is -2.58. The number of rotatable bonds is 4. The second-order valence-corrected chi connectivity index (χ2v) is 6.06. The predicted molar refractivity (Wildman–Crippen MR) is 70.0 cm³/mol. The number of fused-ring (bicyclic) bond motifs is 1. The topological polar surface area (TPSA) is 69.4 Å². The first-order chi connectivity index (χ1) is 8.11. The Balaban J connectivity index is 2.49. The van der Waals surface area contributed by atoms with Gasteiger partial charge in [0.2, 0.25) is 0 Å². The maximum absolute atomic E-state index is 10.9. The molecule has 0 amide bonds. The van der Waals surface area contributed by atoms with Crippen LogP contribution in [0.2, 0.25) is 5.02 Å². The van der Waals surface area contributed by atoms with Crippen molar-refractivity contribution in [3.8, 4) is 5.75 Å². The molecule has 0 aliphatic carbocycles. The molecule has 4 nitrogen and oxygen atoms in total. The van der Waals surface area contributed by atoms with Crippen LogP contribution in [0.3, 0.4) is 0 Å². The Labute approximate surface area is 109 Å². The van der Waals surface area contributed by atoms with Crippen molar-refractivity contribution in [2.45, 2.75) is 4.21 Å². The number of thiol groups is 1. The number of nitrogens with two attached hydrogens (primary N) is 1. The van der Waals surface area contributed by atoms with E-state index in [1.807, 2.05) is 0 Å². The Morgan fingerprint density at radius 2 is 2.12 bits per heavy atom. The number of halogens is 1. The highest BCUT2D eigenvalue weighted by molar-refractivity contribution is 7.75. The second-order valence-electron chi connectivity index (χ2n) is 3.30. The normalized spacial score (nSPS) is 11.2. The summed E-state index contributed by atoms with van der Waals surface area (Å²) in [5.74, 6) is 0.596. The van der Waals surface area contributed by atoms with Crippen molar-refractivity contribution in [2.75, 3.05) is 13.2 Å². The maximum Gasteiger partial charge on any atom is 0.177 e. The molecule has 1 heterocycles. The van der Waals surface area contributed by atoms with E-state index in [0.29, 0.717) is 28.1 Å². The average Bonchev–Trinajstić information content (AvgIpc) is 2.71. The van der Waals surface area contributed by atoms with Crippen LogP contribution in [0, 0.1) is 0 Å². The zero-order valence-electron chi connectivity index (χ0n) is 8.68. The van der Waals surface area contributed by atoms with Crippen LogP contribution in [-0.2, 0) is 10.7 Å². The SMILES string of the molecule is NCCOc1cc(Cl)c2sc([SH](=O)=O)cc2c1. The third-order valence-electron chi connectivity index (χ3n) is 2.10. The Morgan fingerprint density at radius 3 is 2.76 bits per heavy atom. The molecule has 0 aliphatic rings. The quantitative estimate of drug-likeness (QED) is 0.844. The Kier molecular flexibility index (Phi) is 3.88. The fraction of sp³-hybridized carbons (Fsp3) is 0.200. The molecule has 0 bridgehead atoms. The molecule has 1 aromatic carbocycles. The van der Waals surface area contributed by atoms with Crippen molar-refractivity contribution in [1.82, 2.24) is 0 Å². The molecule has 0 fully saturated rings. The largest absolute Gasteiger partial charge is 0.492 e. The average molecular weight is 292 g/mol. The number of hydrogen-bond acceptors (Lipinski definition) is 5. The smallest absolute Gasteiger partial charge is 0.177 e. The molecule has 0 saturated carbocycles. The summed E-state index contributed by atoms with van der Waals surface area (Å²) in [7, 11) is -2.58. The maximum atomic E-state index is 10.9. The first kappa shape index (κ1) is 12.6. The molecular formula is C10H10ClNO3S2. The van der Waals surface area contributed by atoms with Crippen LogP contribution in [0.5, 0.6) is 5.75 Å². The molecule has 2 N–H and O–H groups in total. The standard InChI is InChI=1S/C10H10ClNO3S2/c11-8-5-7(15-2-1-12)3-6-4-9(17(13)14)16-10(6)8/h3-5,17H,1-2,12H2. The first-order valence-electron chi connectivity index (χ1n) is 4.82. The van der Waals surface area contributed by atoms with E-state index in [2.05, 4.69) is 0 Å². The fourth-order valence-electron chi connectivity index (χ4n) is 1.42. The number of hydrogen-bond donors (Lipinski definition) is 2. The van der Waals surface area contributed by atoms with Crippen LogP contribution in [0.4, 0.5) is 0 Å². The van der Waals surface area contributed by atoms with Crippen molar-refractivity contribution < 1.29 is 13.2 Å². The van der Waals surface area contributed by atoms with Gasteiger partial charge in [0.15, 0.2) is 10.7 Å². The van der Waals surface area contributed by atoms with E-state index in [0.717, 1.165) is 21.4 Å². The van der Waals surface area contributed by atoms with E-state index in [1.54, 1.807) is 18.2 Å². The van der Waals surface area contributed by atoms with Gasteiger partial charge in [-0.1, -0.05) is 11.6 Å². The second kappa shape index (κ2) is 5.22.